The van der Waals surface area contributed by atoms with E-state index in [9.17, 15) is 4.79 Å². The van der Waals surface area contributed by atoms with Gasteiger partial charge >= 0.3 is 5.97 Å². The Balaban J connectivity index is 2.08. The van der Waals surface area contributed by atoms with Gasteiger partial charge in [0, 0.05) is 18.7 Å². The van der Waals surface area contributed by atoms with Gasteiger partial charge in [0.15, 0.2) is 0 Å². The van der Waals surface area contributed by atoms with Crippen LogP contribution in [0.25, 0.3) is 0 Å². The Morgan fingerprint density at radius 3 is 2.71 bits per heavy atom. The fourth-order valence-electron chi connectivity index (χ4n) is 1.99. The average Bonchev–Trinajstić information content (AvgIpc) is 2.48. The van der Waals surface area contributed by atoms with E-state index in [-0.39, 0.29) is 5.97 Å². The molecular weight excluding hydrogens is 264 g/mol. The number of esters is 1. The molecule has 1 aromatic rings. The van der Waals surface area contributed by atoms with Gasteiger partial charge in [-0.3, -0.25) is 0 Å². The van der Waals surface area contributed by atoms with Crippen molar-refractivity contribution in [3.63, 3.8) is 0 Å². The third kappa shape index (κ3) is 7.63. The van der Waals surface area contributed by atoms with E-state index < -0.39 is 0 Å². The molecule has 21 heavy (non-hydrogen) atoms. The molecular formula is C17H26N2O2. The molecule has 0 atom stereocenters. The molecule has 0 radical (unpaired) electrons. The van der Waals surface area contributed by atoms with Crippen molar-refractivity contribution in [3.8, 4) is 0 Å². The summed E-state index contributed by atoms with van der Waals surface area (Å²) in [6.07, 6.45) is 1.03. The molecule has 1 aromatic carbocycles. The number of hydrogen-bond donors (Lipinski definition) is 1. The van der Waals surface area contributed by atoms with Crippen LogP contribution in [0, 0.1) is 0 Å². The lowest BCUT2D eigenvalue weighted by Gasteiger charge is -2.16. The second-order valence-corrected chi connectivity index (χ2v) is 5.08. The number of ether oxygens (including phenoxy) is 1. The van der Waals surface area contributed by atoms with E-state index in [4.69, 9.17) is 4.74 Å². The van der Waals surface area contributed by atoms with E-state index in [1.54, 1.807) is 6.92 Å². The first-order valence-electron chi connectivity index (χ1n) is 7.41. The van der Waals surface area contributed by atoms with Crippen LogP contribution >= 0.6 is 0 Å². The monoisotopic (exact) mass is 290 g/mol. The van der Waals surface area contributed by atoms with Crippen LogP contribution in [0.1, 0.15) is 18.9 Å². The third-order valence-electron chi connectivity index (χ3n) is 3.09. The van der Waals surface area contributed by atoms with Crippen molar-refractivity contribution >= 4 is 5.97 Å². The SMILES string of the molecule is C=C(CNCCCN(C)Cc1ccccc1)C(=O)OCC. The highest BCUT2D eigenvalue weighted by Gasteiger charge is 2.06. The normalized spacial score (nSPS) is 10.6. The first kappa shape index (κ1) is 17.4. The lowest BCUT2D eigenvalue weighted by molar-refractivity contribution is -0.138. The molecule has 0 saturated heterocycles. The van der Waals surface area contributed by atoms with Crippen molar-refractivity contribution in [1.29, 1.82) is 0 Å². The highest BCUT2D eigenvalue weighted by Crippen LogP contribution is 2.02. The summed E-state index contributed by atoms with van der Waals surface area (Å²) >= 11 is 0. The smallest absolute Gasteiger partial charge is 0.334 e. The summed E-state index contributed by atoms with van der Waals surface area (Å²) in [7, 11) is 2.12. The number of benzene rings is 1. The molecule has 0 aliphatic carbocycles. The van der Waals surface area contributed by atoms with Gasteiger partial charge in [0.2, 0.25) is 0 Å². The first-order chi connectivity index (χ1) is 10.1. The highest BCUT2D eigenvalue weighted by atomic mass is 16.5. The topological polar surface area (TPSA) is 41.6 Å². The molecule has 4 nitrogen and oxygen atoms in total. The predicted molar refractivity (Wildman–Crippen MR) is 86.0 cm³/mol. The summed E-state index contributed by atoms with van der Waals surface area (Å²) in [5.41, 5.74) is 1.80. The minimum Gasteiger partial charge on any atom is -0.463 e. The zero-order chi connectivity index (χ0) is 15.5. The van der Waals surface area contributed by atoms with Crippen molar-refractivity contribution in [2.45, 2.75) is 19.9 Å². The number of nitrogens with one attached hydrogen (secondary N) is 1. The molecule has 0 aromatic heterocycles. The Hall–Kier alpha value is -1.65. The molecule has 0 saturated carbocycles. The standard InChI is InChI=1S/C17H26N2O2/c1-4-21-17(20)15(2)13-18-11-8-12-19(3)14-16-9-6-5-7-10-16/h5-7,9-10,18H,2,4,8,11-14H2,1,3H3. The Morgan fingerprint density at radius 2 is 2.05 bits per heavy atom. The van der Waals surface area contributed by atoms with Gasteiger partial charge < -0.3 is 15.0 Å². The number of hydrogen-bond acceptors (Lipinski definition) is 4. The maximum absolute atomic E-state index is 11.3. The van der Waals surface area contributed by atoms with Gasteiger partial charge in [-0.05, 0) is 39.0 Å². The summed E-state index contributed by atoms with van der Waals surface area (Å²) in [5, 5.41) is 3.22. The molecule has 116 valence electrons. The molecule has 0 spiro atoms. The maximum Gasteiger partial charge on any atom is 0.334 e. The van der Waals surface area contributed by atoms with E-state index in [2.05, 4.69) is 48.1 Å². The number of rotatable bonds is 10. The molecule has 0 bridgehead atoms. The zero-order valence-corrected chi connectivity index (χ0v) is 13.1. The fraction of sp³-hybridized carbons (Fsp3) is 0.471. The quantitative estimate of drug-likeness (QED) is 0.407. The maximum atomic E-state index is 11.3. The van der Waals surface area contributed by atoms with Crippen LogP contribution in [0.15, 0.2) is 42.5 Å². The first-order valence-corrected chi connectivity index (χ1v) is 7.41. The number of nitrogens with zero attached hydrogens (tertiary/aromatic N) is 1. The van der Waals surface area contributed by atoms with Gasteiger partial charge in [0.05, 0.1) is 6.61 Å². The Morgan fingerprint density at radius 1 is 1.33 bits per heavy atom. The van der Waals surface area contributed by atoms with Crippen LogP contribution in [-0.4, -0.2) is 44.2 Å². The summed E-state index contributed by atoms with van der Waals surface area (Å²) < 4.78 is 4.88. The van der Waals surface area contributed by atoms with Crippen LogP contribution in [0.2, 0.25) is 0 Å². The van der Waals surface area contributed by atoms with E-state index in [1.165, 1.54) is 5.56 Å². The summed E-state index contributed by atoms with van der Waals surface area (Å²) in [6, 6.07) is 10.4. The van der Waals surface area contributed by atoms with E-state index in [0.717, 1.165) is 26.1 Å². The summed E-state index contributed by atoms with van der Waals surface area (Å²) in [6.45, 7) is 9.21. The van der Waals surface area contributed by atoms with Gasteiger partial charge in [-0.25, -0.2) is 4.79 Å². The second-order valence-electron chi connectivity index (χ2n) is 5.08. The second kappa shape index (κ2) is 10.1. The lowest BCUT2D eigenvalue weighted by Crippen LogP contribution is -2.26. The zero-order valence-electron chi connectivity index (χ0n) is 13.1. The molecule has 0 aliphatic rings. The Labute approximate surface area is 127 Å². The Bertz CT molecular complexity index is 432. The minimum atomic E-state index is -0.314. The van der Waals surface area contributed by atoms with Crippen LogP contribution in [0.5, 0.6) is 0 Å². The molecule has 0 fully saturated rings. The molecule has 1 N–H and O–H groups in total. The van der Waals surface area contributed by atoms with Crippen molar-refractivity contribution in [3.05, 3.63) is 48.0 Å². The van der Waals surface area contributed by atoms with Crippen LogP contribution in [0.4, 0.5) is 0 Å². The van der Waals surface area contributed by atoms with Gasteiger partial charge in [-0.2, -0.15) is 0 Å². The molecule has 0 aliphatic heterocycles. The van der Waals surface area contributed by atoms with Crippen LogP contribution < -0.4 is 5.32 Å². The summed E-state index contributed by atoms with van der Waals surface area (Å²) in [5.74, 6) is -0.314. The van der Waals surface area contributed by atoms with Gasteiger partial charge in [0.1, 0.15) is 0 Å². The molecule has 0 amide bonds. The van der Waals surface area contributed by atoms with E-state index in [0.29, 0.717) is 18.7 Å². The van der Waals surface area contributed by atoms with Crippen molar-refractivity contribution in [2.24, 2.45) is 0 Å². The van der Waals surface area contributed by atoms with Crippen LogP contribution in [0.3, 0.4) is 0 Å². The van der Waals surface area contributed by atoms with Crippen molar-refractivity contribution in [1.82, 2.24) is 10.2 Å². The van der Waals surface area contributed by atoms with E-state index in [1.807, 2.05) is 6.07 Å². The fourth-order valence-corrected chi connectivity index (χ4v) is 1.99. The molecule has 0 heterocycles. The molecule has 4 heteroatoms. The highest BCUT2D eigenvalue weighted by molar-refractivity contribution is 5.88. The molecule has 0 unspecified atom stereocenters. The number of carbonyl (C=O) groups is 1. The van der Waals surface area contributed by atoms with E-state index >= 15 is 0 Å². The minimum absolute atomic E-state index is 0.314. The van der Waals surface area contributed by atoms with Crippen molar-refractivity contribution < 1.29 is 9.53 Å². The third-order valence-corrected chi connectivity index (χ3v) is 3.09. The number of carbonyl (C=O) groups excluding carboxylic acids is 1. The van der Waals surface area contributed by atoms with Crippen LogP contribution in [-0.2, 0) is 16.1 Å². The predicted octanol–water partition coefficient (Wildman–Crippen LogP) is 2.22. The van der Waals surface area contributed by atoms with Crippen molar-refractivity contribution in [2.75, 3.05) is 33.3 Å². The summed E-state index contributed by atoms with van der Waals surface area (Å²) in [4.78, 5) is 13.6. The lowest BCUT2D eigenvalue weighted by atomic mass is 10.2. The van der Waals surface area contributed by atoms with Gasteiger partial charge in [-0.1, -0.05) is 36.9 Å². The Kier molecular flexibility index (Phi) is 8.40. The largest absolute Gasteiger partial charge is 0.463 e. The average molecular weight is 290 g/mol. The van der Waals surface area contributed by atoms with Gasteiger partial charge in [0.25, 0.3) is 0 Å². The molecule has 1 rings (SSSR count). The van der Waals surface area contributed by atoms with Gasteiger partial charge in [-0.15, -0.1) is 0 Å².